The highest BCUT2D eigenvalue weighted by atomic mass is 32.2. The molecule has 1 aliphatic rings. The molecule has 12 atom stereocenters. The van der Waals surface area contributed by atoms with Gasteiger partial charge in [0, 0.05) is 11.5 Å². The molecule has 504 valence electrons. The van der Waals surface area contributed by atoms with Crippen LogP contribution in [0, 0.1) is 0 Å². The van der Waals surface area contributed by atoms with Crippen LogP contribution in [0.5, 0.6) is 0 Å². The molecule has 16 heteroatoms. The third kappa shape index (κ3) is 23.8. The molecule has 0 saturated carbocycles. The van der Waals surface area contributed by atoms with Gasteiger partial charge < -0.3 is 72.2 Å². The predicted molar refractivity (Wildman–Crippen MR) is 368 cm³/mol. The van der Waals surface area contributed by atoms with Gasteiger partial charge in [0.05, 0.1) is 85.4 Å². The summed E-state index contributed by atoms with van der Waals surface area (Å²) in [5, 5.41) is 37.3. The van der Waals surface area contributed by atoms with E-state index in [9.17, 15) is 15.3 Å². The van der Waals surface area contributed by atoms with E-state index in [1.807, 2.05) is 273 Å². The van der Waals surface area contributed by atoms with Crippen LogP contribution in [-0.4, -0.2) is 121 Å². The molecule has 0 aliphatic carbocycles. The van der Waals surface area contributed by atoms with E-state index >= 15 is 0 Å². The normalized spacial score (nSPS) is 18.6. The fourth-order valence-electron chi connectivity index (χ4n) is 11.0. The lowest BCUT2D eigenvalue weighted by molar-refractivity contribution is -0.310. The molecule has 1 fully saturated rings. The van der Waals surface area contributed by atoms with E-state index in [1.165, 1.54) is 11.8 Å². The van der Waals surface area contributed by atoms with Crippen molar-refractivity contribution in [3.63, 3.8) is 0 Å². The number of aliphatic hydroxyl groups excluding tert-OH is 3. The van der Waals surface area contributed by atoms with E-state index in [-0.39, 0.29) is 72.5 Å². The Balaban J connectivity index is 0.978. The van der Waals surface area contributed by atoms with Crippen molar-refractivity contribution >= 4 is 11.8 Å². The van der Waals surface area contributed by atoms with Gasteiger partial charge in [-0.25, -0.2) is 0 Å². The summed E-state index contributed by atoms with van der Waals surface area (Å²) in [6.45, 7) is 1.15. The average Bonchev–Trinajstić information content (AvgIpc) is 0.786. The van der Waals surface area contributed by atoms with E-state index in [1.54, 1.807) is 0 Å². The van der Waals surface area contributed by atoms with Crippen molar-refractivity contribution in [3.05, 3.63) is 317 Å². The largest absolute Gasteiger partial charge is 0.391 e. The molecule has 9 aromatic carbocycles. The zero-order valence-electron chi connectivity index (χ0n) is 54.0. The Hall–Kier alpha value is -7.27. The highest BCUT2D eigenvalue weighted by molar-refractivity contribution is 7.99. The van der Waals surface area contributed by atoms with Crippen molar-refractivity contribution in [3.8, 4) is 0 Å². The molecule has 0 aromatic heterocycles. The fourth-order valence-corrected chi connectivity index (χ4v) is 12.2. The smallest absolute Gasteiger partial charge is 0.184 e. The monoisotopic (exact) mass is 1320 g/mol. The van der Waals surface area contributed by atoms with Gasteiger partial charge in [0.25, 0.3) is 0 Å². The van der Waals surface area contributed by atoms with Crippen LogP contribution in [-0.2, 0) is 110 Å². The van der Waals surface area contributed by atoms with Crippen LogP contribution >= 0.6 is 11.8 Å². The SMILES string of the molecule is OC[C@@H](OCC1O[C@H](Sc2ccccc2)C(OCc2ccccc2)C(O[C@H](O)C(O)C(OCc2ccccc2)[C@@H](CCOCc2ccccc2)OCc2ccccc2)[C@@H]1OCc1ccccc1)OC(COCc1ccccc1)[C@H](COCc1ccccc1)OCc1ccccc1. The van der Waals surface area contributed by atoms with Crippen molar-refractivity contribution < 1.29 is 72.2 Å². The summed E-state index contributed by atoms with van der Waals surface area (Å²) >= 11 is 1.40. The van der Waals surface area contributed by atoms with E-state index in [4.69, 9.17) is 56.8 Å². The van der Waals surface area contributed by atoms with Crippen LogP contribution in [0.1, 0.15) is 50.9 Å². The Morgan fingerprint density at radius 2 is 0.750 bits per heavy atom. The number of benzene rings is 9. The van der Waals surface area contributed by atoms with Crippen molar-refractivity contribution in [2.45, 2.75) is 137 Å². The lowest BCUT2D eigenvalue weighted by Crippen LogP contribution is -2.62. The molecule has 1 aliphatic heterocycles. The quantitative estimate of drug-likeness (QED) is 0.0244. The third-order valence-electron chi connectivity index (χ3n) is 16.1. The average molecular weight is 1320 g/mol. The molecule has 9 aromatic rings. The van der Waals surface area contributed by atoms with Crippen LogP contribution in [0.3, 0.4) is 0 Å². The number of hydrogen-bond acceptors (Lipinski definition) is 16. The first-order chi connectivity index (χ1) is 47.4. The maximum atomic E-state index is 13.0. The van der Waals surface area contributed by atoms with Crippen LogP contribution in [0.4, 0.5) is 0 Å². The van der Waals surface area contributed by atoms with E-state index in [2.05, 4.69) is 0 Å². The summed E-state index contributed by atoms with van der Waals surface area (Å²) in [6, 6.07) is 88.0. The Bertz CT molecular complexity index is 3450. The summed E-state index contributed by atoms with van der Waals surface area (Å²) < 4.78 is 81.2. The van der Waals surface area contributed by atoms with Gasteiger partial charge in [-0.05, 0) is 63.1 Å². The molecule has 96 heavy (non-hydrogen) atoms. The van der Waals surface area contributed by atoms with Gasteiger partial charge in [-0.1, -0.05) is 273 Å². The summed E-state index contributed by atoms with van der Waals surface area (Å²) in [7, 11) is 0. The highest BCUT2D eigenvalue weighted by Gasteiger charge is 2.51. The maximum Gasteiger partial charge on any atom is 0.184 e. The molecule has 3 N–H and O–H groups in total. The summed E-state index contributed by atoms with van der Waals surface area (Å²) in [4.78, 5) is 0.853. The van der Waals surface area contributed by atoms with Crippen LogP contribution in [0.25, 0.3) is 0 Å². The van der Waals surface area contributed by atoms with Gasteiger partial charge >= 0.3 is 0 Å². The molecule has 10 rings (SSSR count). The summed E-state index contributed by atoms with van der Waals surface area (Å²) in [5.41, 5.74) is 6.48. The van der Waals surface area contributed by atoms with Gasteiger partial charge in [-0.3, -0.25) is 0 Å². The second kappa shape index (κ2) is 40.4. The number of rotatable bonds is 42. The second-order valence-electron chi connectivity index (χ2n) is 23.4. The van der Waals surface area contributed by atoms with Gasteiger partial charge in [0.2, 0.25) is 0 Å². The molecule has 0 amide bonds. The summed E-state index contributed by atoms with van der Waals surface area (Å²) in [5.74, 6) is 0. The zero-order chi connectivity index (χ0) is 66.0. The maximum absolute atomic E-state index is 13.0. The Morgan fingerprint density at radius 1 is 0.375 bits per heavy atom. The topological polar surface area (TPSA) is 171 Å². The van der Waals surface area contributed by atoms with E-state index < -0.39 is 79.6 Å². The molecule has 6 unspecified atom stereocenters. The Kier molecular flexibility index (Phi) is 30.1. The predicted octanol–water partition coefficient (Wildman–Crippen LogP) is 13.3. The molecule has 0 spiro atoms. The number of ether oxygens (including phenoxy) is 12. The first-order valence-corrected chi connectivity index (χ1v) is 33.7. The minimum Gasteiger partial charge on any atom is -0.391 e. The van der Waals surface area contributed by atoms with Crippen LogP contribution < -0.4 is 0 Å². The van der Waals surface area contributed by atoms with Gasteiger partial charge in [-0.2, -0.15) is 0 Å². The van der Waals surface area contributed by atoms with Gasteiger partial charge in [0.1, 0.15) is 54.3 Å². The van der Waals surface area contributed by atoms with Crippen molar-refractivity contribution in [2.24, 2.45) is 0 Å². The molecular formula is C80H88O15S. The Morgan fingerprint density at radius 3 is 1.20 bits per heavy atom. The molecule has 1 saturated heterocycles. The van der Waals surface area contributed by atoms with E-state index in [0.29, 0.717) is 13.2 Å². The Labute approximate surface area is 568 Å². The van der Waals surface area contributed by atoms with Gasteiger partial charge in [0.15, 0.2) is 12.6 Å². The number of aliphatic hydroxyl groups is 3. The first kappa shape index (κ1) is 71.5. The van der Waals surface area contributed by atoms with Crippen molar-refractivity contribution in [1.29, 1.82) is 0 Å². The minimum absolute atomic E-state index is 0.0346. The standard InChI is InChI=1S/C80H88O15S/c81-48-73(93-71(58-86-51-62-32-14-3-15-33-62)70(88-53-64-36-18-5-19-37-64)57-85-50-61-30-12-2-13-31-61)89-59-72-76(91-55-66-40-22-7-23-41-66)77(78(92-56-67-42-24-8-25-43-67)80(94-72)96-68-44-26-9-27-45-68)95-79(83)74(82)75(90-54-65-38-20-6-21-39-65)69(87-52-63-34-16-4-17-35-63)46-47-84-49-60-28-10-1-11-29-60/h1-45,69-83H,46-59H2/t69-,70+,71?,72?,73+,74?,75?,76-,77?,78?,79+,80-/m1/s1. The lowest BCUT2D eigenvalue weighted by atomic mass is 9.98. The third-order valence-corrected chi connectivity index (χ3v) is 17.3. The minimum atomic E-state index is -1.96. The van der Waals surface area contributed by atoms with E-state index in [0.717, 1.165) is 49.4 Å². The number of thioether (sulfide) groups is 1. The highest BCUT2D eigenvalue weighted by Crippen LogP contribution is 2.39. The van der Waals surface area contributed by atoms with Gasteiger partial charge in [-0.15, -0.1) is 0 Å². The fraction of sp³-hybridized carbons (Fsp3) is 0.325. The molecule has 1 heterocycles. The van der Waals surface area contributed by atoms with Crippen LogP contribution in [0.15, 0.2) is 278 Å². The zero-order valence-corrected chi connectivity index (χ0v) is 54.8. The van der Waals surface area contributed by atoms with Crippen molar-refractivity contribution in [1.82, 2.24) is 0 Å². The number of hydrogen-bond donors (Lipinski definition) is 3. The summed E-state index contributed by atoms with van der Waals surface area (Å²) in [6.07, 6.45) is -12.6. The van der Waals surface area contributed by atoms with Crippen LogP contribution in [0.2, 0.25) is 0 Å². The second-order valence-corrected chi connectivity index (χ2v) is 24.5. The lowest BCUT2D eigenvalue weighted by Gasteiger charge is -2.47. The molecular weight excluding hydrogens is 1230 g/mol. The molecule has 15 nitrogen and oxygen atoms in total. The van der Waals surface area contributed by atoms with Crippen molar-refractivity contribution in [2.75, 3.05) is 33.0 Å². The molecule has 0 radical (unpaired) electrons. The first-order valence-electron chi connectivity index (χ1n) is 32.8. The molecule has 0 bridgehead atoms.